The quantitative estimate of drug-likeness (QED) is 0.766. The molecule has 0 aliphatic carbocycles. The number of aliphatic carboxylic acids is 1. The zero-order valence-electron chi connectivity index (χ0n) is 14.2. The Kier molecular flexibility index (Phi) is 6.39. The molecule has 0 bridgehead atoms. The van der Waals surface area contributed by atoms with Gasteiger partial charge in [-0.3, -0.25) is 4.79 Å². The van der Waals surface area contributed by atoms with E-state index in [9.17, 15) is 9.59 Å². The molecule has 132 valence electrons. The van der Waals surface area contributed by atoms with Crippen LogP contribution in [-0.2, 0) is 4.79 Å². The first-order chi connectivity index (χ1) is 12.0. The number of carboxylic acid groups (broad SMARTS) is 1. The lowest BCUT2D eigenvalue weighted by atomic mass is 10.1. The predicted octanol–water partition coefficient (Wildman–Crippen LogP) is 3.50. The van der Waals surface area contributed by atoms with E-state index in [0.29, 0.717) is 29.4 Å². The van der Waals surface area contributed by atoms with Gasteiger partial charge in [-0.2, -0.15) is 0 Å². The molecule has 0 saturated heterocycles. The van der Waals surface area contributed by atoms with Crippen LogP contribution in [0.1, 0.15) is 29.3 Å². The second-order valence-electron chi connectivity index (χ2n) is 5.51. The van der Waals surface area contributed by atoms with E-state index in [1.165, 1.54) is 6.07 Å². The van der Waals surface area contributed by atoms with Gasteiger partial charge in [-0.15, -0.1) is 0 Å². The van der Waals surface area contributed by atoms with Crippen molar-refractivity contribution in [1.82, 2.24) is 0 Å². The first-order valence-electron chi connectivity index (χ1n) is 7.99. The Labute approximate surface area is 146 Å². The number of anilines is 1. The minimum absolute atomic E-state index is 0.321. The summed E-state index contributed by atoms with van der Waals surface area (Å²) in [6.45, 7) is 4.06. The number of nitrogens with one attached hydrogen (secondary N) is 1. The molecule has 2 rings (SSSR count). The van der Waals surface area contributed by atoms with Gasteiger partial charge in [0.05, 0.1) is 12.3 Å². The van der Waals surface area contributed by atoms with Crippen molar-refractivity contribution in [3.63, 3.8) is 0 Å². The normalized spacial score (nSPS) is 10.2. The van der Waals surface area contributed by atoms with Gasteiger partial charge in [0.15, 0.2) is 6.61 Å². The van der Waals surface area contributed by atoms with Crippen LogP contribution in [0.5, 0.6) is 11.5 Å². The third-order valence-electron chi connectivity index (χ3n) is 3.31. The van der Waals surface area contributed by atoms with Crippen molar-refractivity contribution in [2.45, 2.75) is 20.3 Å². The topological polar surface area (TPSA) is 84.9 Å². The summed E-state index contributed by atoms with van der Waals surface area (Å²) in [5.74, 6) is -0.465. The summed E-state index contributed by atoms with van der Waals surface area (Å²) < 4.78 is 10.8. The highest BCUT2D eigenvalue weighted by atomic mass is 16.5. The fourth-order valence-electron chi connectivity index (χ4n) is 2.13. The highest BCUT2D eigenvalue weighted by Crippen LogP contribution is 2.27. The van der Waals surface area contributed by atoms with Crippen LogP contribution >= 0.6 is 0 Å². The summed E-state index contributed by atoms with van der Waals surface area (Å²) in [6.07, 6.45) is 0.865. The lowest BCUT2D eigenvalue weighted by molar-refractivity contribution is -0.139. The number of ether oxygens (including phenoxy) is 2. The number of rotatable bonds is 8. The van der Waals surface area contributed by atoms with E-state index < -0.39 is 12.6 Å². The fraction of sp³-hybridized carbons (Fsp3) is 0.263. The van der Waals surface area contributed by atoms with E-state index in [1.807, 2.05) is 26.0 Å². The molecule has 0 aromatic heterocycles. The molecule has 0 unspecified atom stereocenters. The van der Waals surface area contributed by atoms with Gasteiger partial charge in [-0.05, 0) is 49.2 Å². The maximum Gasteiger partial charge on any atom is 0.341 e. The molecular formula is C19H21NO5. The summed E-state index contributed by atoms with van der Waals surface area (Å²) in [5.41, 5.74) is 1.99. The summed E-state index contributed by atoms with van der Waals surface area (Å²) in [5, 5.41) is 11.5. The first kappa shape index (κ1) is 18.3. The van der Waals surface area contributed by atoms with Crippen LogP contribution in [0, 0.1) is 6.92 Å². The molecule has 0 aliphatic rings. The minimum Gasteiger partial charge on any atom is -0.491 e. The Morgan fingerprint density at radius 1 is 1.12 bits per heavy atom. The number of carbonyl (C=O) groups excluding carboxylic acids is 1. The van der Waals surface area contributed by atoms with Gasteiger partial charge >= 0.3 is 5.97 Å². The third-order valence-corrected chi connectivity index (χ3v) is 3.31. The Bertz CT molecular complexity index is 757. The van der Waals surface area contributed by atoms with Gasteiger partial charge < -0.3 is 19.9 Å². The maximum atomic E-state index is 12.5. The van der Waals surface area contributed by atoms with Crippen LogP contribution in [0.15, 0.2) is 42.5 Å². The standard InChI is InChI=1S/C19H21NO5/c1-3-9-24-17-10-13(2)7-8-16(17)20-19(23)14-5-4-6-15(11-14)25-12-18(21)22/h4-8,10-11H,3,9,12H2,1-2H3,(H,20,23)(H,21,22). The number of benzene rings is 2. The highest BCUT2D eigenvalue weighted by Gasteiger charge is 2.11. The van der Waals surface area contributed by atoms with Crippen molar-refractivity contribution < 1.29 is 24.2 Å². The van der Waals surface area contributed by atoms with Crippen LogP contribution in [0.25, 0.3) is 0 Å². The lowest BCUT2D eigenvalue weighted by Gasteiger charge is -2.13. The van der Waals surface area contributed by atoms with Gasteiger partial charge in [0.25, 0.3) is 5.91 Å². The number of amides is 1. The summed E-state index contributed by atoms with van der Waals surface area (Å²) in [6, 6.07) is 11.9. The third kappa shape index (κ3) is 5.53. The molecular weight excluding hydrogens is 322 g/mol. The number of hydrogen-bond donors (Lipinski definition) is 2. The zero-order valence-corrected chi connectivity index (χ0v) is 14.2. The molecule has 25 heavy (non-hydrogen) atoms. The monoisotopic (exact) mass is 343 g/mol. The van der Waals surface area contributed by atoms with Crippen LogP contribution in [0.2, 0.25) is 0 Å². The maximum absolute atomic E-state index is 12.5. The molecule has 0 atom stereocenters. The molecule has 2 aromatic carbocycles. The molecule has 0 aliphatic heterocycles. The van der Waals surface area contributed by atoms with Crippen molar-refractivity contribution >= 4 is 17.6 Å². The van der Waals surface area contributed by atoms with Gasteiger partial charge in [0.1, 0.15) is 11.5 Å². The van der Waals surface area contributed by atoms with E-state index in [2.05, 4.69) is 5.32 Å². The highest BCUT2D eigenvalue weighted by molar-refractivity contribution is 6.05. The van der Waals surface area contributed by atoms with Crippen LogP contribution in [0.3, 0.4) is 0 Å². The van der Waals surface area contributed by atoms with E-state index in [-0.39, 0.29) is 5.91 Å². The zero-order chi connectivity index (χ0) is 18.2. The summed E-state index contributed by atoms with van der Waals surface area (Å²) in [4.78, 5) is 23.0. The Morgan fingerprint density at radius 3 is 2.64 bits per heavy atom. The van der Waals surface area contributed by atoms with Crippen molar-refractivity contribution in [3.05, 3.63) is 53.6 Å². The average molecular weight is 343 g/mol. The molecule has 0 heterocycles. The second-order valence-corrected chi connectivity index (χ2v) is 5.51. The Balaban J connectivity index is 2.14. The van der Waals surface area contributed by atoms with Gasteiger partial charge in [0.2, 0.25) is 0 Å². The second kappa shape index (κ2) is 8.73. The van der Waals surface area contributed by atoms with Crippen molar-refractivity contribution in [2.75, 3.05) is 18.5 Å². The molecule has 0 fully saturated rings. The predicted molar refractivity (Wildman–Crippen MR) is 94.5 cm³/mol. The fourth-order valence-corrected chi connectivity index (χ4v) is 2.13. The molecule has 0 spiro atoms. The van der Waals surface area contributed by atoms with Crippen molar-refractivity contribution in [3.8, 4) is 11.5 Å². The van der Waals surface area contributed by atoms with E-state index in [0.717, 1.165) is 12.0 Å². The number of aryl methyl sites for hydroxylation is 1. The largest absolute Gasteiger partial charge is 0.491 e. The summed E-state index contributed by atoms with van der Waals surface area (Å²) in [7, 11) is 0. The van der Waals surface area contributed by atoms with Crippen LogP contribution < -0.4 is 14.8 Å². The lowest BCUT2D eigenvalue weighted by Crippen LogP contribution is -2.14. The van der Waals surface area contributed by atoms with Gasteiger partial charge in [-0.1, -0.05) is 19.1 Å². The number of carboxylic acids is 1. The van der Waals surface area contributed by atoms with Crippen molar-refractivity contribution in [1.29, 1.82) is 0 Å². The molecule has 0 saturated carbocycles. The molecule has 6 heteroatoms. The van der Waals surface area contributed by atoms with Gasteiger partial charge in [-0.25, -0.2) is 4.79 Å². The van der Waals surface area contributed by atoms with Crippen LogP contribution in [0.4, 0.5) is 5.69 Å². The van der Waals surface area contributed by atoms with E-state index >= 15 is 0 Å². The Morgan fingerprint density at radius 2 is 1.92 bits per heavy atom. The summed E-state index contributed by atoms with van der Waals surface area (Å²) >= 11 is 0. The number of carbonyl (C=O) groups is 2. The molecule has 2 N–H and O–H groups in total. The molecule has 2 aromatic rings. The number of hydrogen-bond acceptors (Lipinski definition) is 4. The van der Waals surface area contributed by atoms with E-state index in [4.69, 9.17) is 14.6 Å². The first-order valence-corrected chi connectivity index (χ1v) is 7.99. The SMILES string of the molecule is CCCOc1cc(C)ccc1NC(=O)c1cccc(OCC(=O)O)c1. The molecule has 0 radical (unpaired) electrons. The van der Waals surface area contributed by atoms with Crippen LogP contribution in [-0.4, -0.2) is 30.2 Å². The minimum atomic E-state index is -1.08. The molecule has 1 amide bonds. The van der Waals surface area contributed by atoms with E-state index in [1.54, 1.807) is 24.3 Å². The van der Waals surface area contributed by atoms with Gasteiger partial charge in [0, 0.05) is 5.56 Å². The molecule has 6 nitrogen and oxygen atoms in total. The smallest absolute Gasteiger partial charge is 0.341 e. The average Bonchev–Trinajstić information content (AvgIpc) is 2.60. The Hall–Kier alpha value is -3.02. The van der Waals surface area contributed by atoms with Crippen molar-refractivity contribution in [2.24, 2.45) is 0 Å².